The van der Waals surface area contributed by atoms with E-state index < -0.39 is 0 Å². The minimum absolute atomic E-state index is 0.367. The van der Waals surface area contributed by atoms with E-state index in [9.17, 15) is 0 Å². The van der Waals surface area contributed by atoms with Gasteiger partial charge in [0.05, 0.1) is 0 Å². The second-order valence-corrected chi connectivity index (χ2v) is 4.33. The van der Waals surface area contributed by atoms with Crippen LogP contribution >= 0.6 is 0 Å². The lowest BCUT2D eigenvalue weighted by Gasteiger charge is -2.34. The number of methoxy groups -OCH3 is 1. The molecule has 1 N–H and O–H groups in total. The predicted octanol–water partition coefficient (Wildman–Crippen LogP) is 2.29. The number of hydrogen-bond donors (Lipinski definition) is 1. The molecule has 0 aromatic carbocycles. The maximum Gasteiger partial charge on any atom is 0.0468 e. The number of hydrogen-bond acceptors (Lipinski definition) is 2. The van der Waals surface area contributed by atoms with Crippen molar-refractivity contribution in [2.45, 2.75) is 34.1 Å². The third kappa shape index (κ3) is 4.63. The summed E-state index contributed by atoms with van der Waals surface area (Å²) >= 11 is 0. The Morgan fingerprint density at radius 2 is 2.00 bits per heavy atom. The van der Waals surface area contributed by atoms with E-state index in [0.717, 1.165) is 26.1 Å². The van der Waals surface area contributed by atoms with Crippen LogP contribution in [0, 0.1) is 11.3 Å². The van der Waals surface area contributed by atoms with Gasteiger partial charge < -0.3 is 10.1 Å². The molecule has 0 heterocycles. The van der Waals surface area contributed by atoms with Gasteiger partial charge in [0.25, 0.3) is 0 Å². The highest BCUT2D eigenvalue weighted by molar-refractivity contribution is 4.79. The Balaban J connectivity index is 4.00. The van der Waals surface area contributed by atoms with Crippen molar-refractivity contribution >= 4 is 0 Å². The zero-order chi connectivity index (χ0) is 10.3. The Morgan fingerprint density at radius 3 is 2.38 bits per heavy atom. The third-order valence-electron chi connectivity index (χ3n) is 3.05. The van der Waals surface area contributed by atoms with E-state index in [1.165, 1.54) is 0 Å². The lowest BCUT2D eigenvalue weighted by molar-refractivity contribution is 0.112. The van der Waals surface area contributed by atoms with Crippen LogP contribution in [0.25, 0.3) is 0 Å². The maximum atomic E-state index is 5.14. The Labute approximate surface area is 83.1 Å². The van der Waals surface area contributed by atoms with Crippen molar-refractivity contribution in [3.05, 3.63) is 0 Å². The molecule has 0 rings (SSSR count). The third-order valence-corrected chi connectivity index (χ3v) is 3.05. The molecule has 2 nitrogen and oxygen atoms in total. The second-order valence-electron chi connectivity index (χ2n) is 4.33. The molecule has 0 fully saturated rings. The molecule has 1 unspecified atom stereocenters. The van der Waals surface area contributed by atoms with Crippen LogP contribution in [-0.4, -0.2) is 26.8 Å². The zero-order valence-electron chi connectivity index (χ0n) is 9.81. The van der Waals surface area contributed by atoms with Gasteiger partial charge in [0.1, 0.15) is 0 Å². The molecule has 0 saturated carbocycles. The van der Waals surface area contributed by atoms with E-state index in [4.69, 9.17) is 4.74 Å². The average Bonchev–Trinajstić information content (AvgIpc) is 2.11. The van der Waals surface area contributed by atoms with Crippen molar-refractivity contribution in [3.63, 3.8) is 0 Å². The lowest BCUT2D eigenvalue weighted by Crippen LogP contribution is -2.37. The quantitative estimate of drug-likeness (QED) is 0.660. The van der Waals surface area contributed by atoms with Crippen LogP contribution in [0.2, 0.25) is 0 Å². The first-order valence-corrected chi connectivity index (χ1v) is 5.26. The van der Waals surface area contributed by atoms with Gasteiger partial charge in [0.2, 0.25) is 0 Å². The number of nitrogens with one attached hydrogen (secondary N) is 1. The standard InChI is InChI=1S/C11H25NO/c1-6-12-9-11(4,10(2)3)7-8-13-5/h10,12H,6-9H2,1-5H3. The summed E-state index contributed by atoms with van der Waals surface area (Å²) in [5.74, 6) is 0.696. The normalized spacial score (nSPS) is 16.2. The van der Waals surface area contributed by atoms with E-state index in [0.29, 0.717) is 11.3 Å². The van der Waals surface area contributed by atoms with Crippen LogP contribution in [-0.2, 0) is 4.74 Å². The first-order chi connectivity index (χ1) is 6.06. The summed E-state index contributed by atoms with van der Waals surface area (Å²) in [4.78, 5) is 0. The molecule has 2 heteroatoms. The number of rotatable bonds is 7. The van der Waals surface area contributed by atoms with E-state index in [1.54, 1.807) is 7.11 Å². The minimum atomic E-state index is 0.367. The number of ether oxygens (including phenoxy) is 1. The summed E-state index contributed by atoms with van der Waals surface area (Å²) in [6, 6.07) is 0. The van der Waals surface area contributed by atoms with Crippen molar-refractivity contribution in [1.82, 2.24) is 5.32 Å². The van der Waals surface area contributed by atoms with Crippen LogP contribution in [0.3, 0.4) is 0 Å². The zero-order valence-corrected chi connectivity index (χ0v) is 9.81. The molecule has 0 saturated heterocycles. The van der Waals surface area contributed by atoms with Crippen LogP contribution < -0.4 is 5.32 Å². The lowest BCUT2D eigenvalue weighted by atomic mass is 9.76. The fraction of sp³-hybridized carbons (Fsp3) is 1.00. The molecule has 80 valence electrons. The summed E-state index contributed by atoms with van der Waals surface area (Å²) in [7, 11) is 1.77. The highest BCUT2D eigenvalue weighted by Gasteiger charge is 2.27. The van der Waals surface area contributed by atoms with Crippen molar-refractivity contribution in [3.8, 4) is 0 Å². The van der Waals surface area contributed by atoms with Gasteiger partial charge in [-0.2, -0.15) is 0 Å². The predicted molar refractivity (Wildman–Crippen MR) is 58.0 cm³/mol. The van der Waals surface area contributed by atoms with Gasteiger partial charge >= 0.3 is 0 Å². The molecule has 0 aliphatic carbocycles. The van der Waals surface area contributed by atoms with Gasteiger partial charge in [-0.25, -0.2) is 0 Å². The molecule has 0 radical (unpaired) electrons. The molecular weight excluding hydrogens is 162 g/mol. The molecule has 0 spiro atoms. The second kappa shape index (κ2) is 6.39. The van der Waals surface area contributed by atoms with Gasteiger partial charge in [-0.05, 0) is 24.3 Å². The van der Waals surface area contributed by atoms with E-state index in [2.05, 4.69) is 33.0 Å². The van der Waals surface area contributed by atoms with Crippen LogP contribution in [0.15, 0.2) is 0 Å². The van der Waals surface area contributed by atoms with Gasteiger partial charge in [-0.15, -0.1) is 0 Å². The fourth-order valence-electron chi connectivity index (χ4n) is 1.33. The first-order valence-electron chi connectivity index (χ1n) is 5.26. The van der Waals surface area contributed by atoms with Gasteiger partial charge in [-0.3, -0.25) is 0 Å². The summed E-state index contributed by atoms with van der Waals surface area (Å²) in [5, 5.41) is 3.42. The summed E-state index contributed by atoms with van der Waals surface area (Å²) in [6.07, 6.45) is 1.13. The van der Waals surface area contributed by atoms with Gasteiger partial charge in [0.15, 0.2) is 0 Å². The minimum Gasteiger partial charge on any atom is -0.385 e. The molecule has 0 bridgehead atoms. The highest BCUT2D eigenvalue weighted by atomic mass is 16.5. The van der Waals surface area contributed by atoms with Crippen LogP contribution in [0.4, 0.5) is 0 Å². The van der Waals surface area contributed by atoms with Crippen LogP contribution in [0.1, 0.15) is 34.1 Å². The Morgan fingerprint density at radius 1 is 1.38 bits per heavy atom. The summed E-state index contributed by atoms with van der Waals surface area (Å²) < 4.78 is 5.14. The highest BCUT2D eigenvalue weighted by Crippen LogP contribution is 2.29. The molecule has 0 aromatic heterocycles. The average molecular weight is 187 g/mol. The largest absolute Gasteiger partial charge is 0.385 e. The Kier molecular flexibility index (Phi) is 6.35. The molecular formula is C11H25NO. The molecule has 0 aliphatic rings. The first kappa shape index (κ1) is 12.9. The van der Waals surface area contributed by atoms with E-state index >= 15 is 0 Å². The fourth-order valence-corrected chi connectivity index (χ4v) is 1.33. The maximum absolute atomic E-state index is 5.14. The monoisotopic (exact) mass is 187 g/mol. The molecule has 0 amide bonds. The molecule has 0 aliphatic heterocycles. The van der Waals surface area contributed by atoms with Crippen molar-refractivity contribution in [1.29, 1.82) is 0 Å². The van der Waals surface area contributed by atoms with E-state index in [-0.39, 0.29) is 0 Å². The molecule has 0 aromatic rings. The SMILES string of the molecule is CCNCC(C)(CCOC)C(C)C. The van der Waals surface area contributed by atoms with Gasteiger partial charge in [-0.1, -0.05) is 27.7 Å². The molecule has 13 heavy (non-hydrogen) atoms. The topological polar surface area (TPSA) is 21.3 Å². The summed E-state index contributed by atoms with van der Waals surface area (Å²) in [5.41, 5.74) is 0.367. The van der Waals surface area contributed by atoms with Crippen molar-refractivity contribution < 1.29 is 4.74 Å². The Hall–Kier alpha value is -0.0800. The Bertz CT molecular complexity index is 115. The van der Waals surface area contributed by atoms with Crippen molar-refractivity contribution in [2.75, 3.05) is 26.8 Å². The van der Waals surface area contributed by atoms with Gasteiger partial charge in [0, 0.05) is 20.3 Å². The summed E-state index contributed by atoms with van der Waals surface area (Å²) in [6.45, 7) is 12.1. The van der Waals surface area contributed by atoms with Crippen LogP contribution in [0.5, 0.6) is 0 Å². The molecule has 1 atom stereocenters. The van der Waals surface area contributed by atoms with Crippen molar-refractivity contribution in [2.24, 2.45) is 11.3 Å². The smallest absolute Gasteiger partial charge is 0.0468 e. The van der Waals surface area contributed by atoms with E-state index in [1.807, 2.05) is 0 Å².